The molecular formula is C22H34O3. The first-order valence-corrected chi connectivity index (χ1v) is 10.2. The molecule has 3 nitrogen and oxygen atoms in total. The van der Waals surface area contributed by atoms with Gasteiger partial charge < -0.3 is 9.84 Å². The number of rotatable bonds is 3. The quantitative estimate of drug-likeness (QED) is 0.786. The number of aliphatic hydroxyl groups is 1. The summed E-state index contributed by atoms with van der Waals surface area (Å²) in [5.74, 6) is 2.90. The predicted octanol–water partition coefficient (Wildman–Crippen LogP) is 4.00. The number of hydrogen-bond donors (Lipinski definition) is 1. The monoisotopic (exact) mass is 346 g/mol. The van der Waals surface area contributed by atoms with Crippen molar-refractivity contribution in [2.75, 3.05) is 20.3 Å². The maximum Gasteiger partial charge on any atom is 0.149 e. The highest BCUT2D eigenvalue weighted by Crippen LogP contribution is 2.67. The molecule has 4 aliphatic carbocycles. The minimum atomic E-state index is -0.659. The van der Waals surface area contributed by atoms with Gasteiger partial charge in [-0.1, -0.05) is 26.0 Å². The second-order valence-corrected chi connectivity index (χ2v) is 9.93. The summed E-state index contributed by atoms with van der Waals surface area (Å²) in [4.78, 5) is 13.4. The average molecular weight is 347 g/mol. The fraction of sp³-hybridized carbons (Fsp3) is 0.864. The molecule has 4 aliphatic rings. The van der Waals surface area contributed by atoms with Crippen molar-refractivity contribution in [2.24, 2.45) is 39.9 Å². The number of allylic oxidation sites excluding steroid dienone is 2. The normalized spacial score (nSPS) is 51.8. The highest BCUT2D eigenvalue weighted by Gasteiger charge is 2.65. The lowest BCUT2D eigenvalue weighted by molar-refractivity contribution is -0.143. The Morgan fingerprint density at radius 2 is 2.00 bits per heavy atom. The summed E-state index contributed by atoms with van der Waals surface area (Å²) in [6.45, 7) is 5.02. The van der Waals surface area contributed by atoms with Gasteiger partial charge in [0.15, 0.2) is 0 Å². The van der Waals surface area contributed by atoms with Crippen LogP contribution in [0.3, 0.4) is 0 Å². The van der Waals surface area contributed by atoms with Crippen molar-refractivity contribution in [2.45, 2.75) is 58.8 Å². The van der Waals surface area contributed by atoms with Crippen LogP contribution in [-0.2, 0) is 9.53 Å². The molecule has 0 aromatic heterocycles. The second kappa shape index (κ2) is 5.92. The second-order valence-electron chi connectivity index (χ2n) is 9.93. The van der Waals surface area contributed by atoms with Crippen LogP contribution in [-0.4, -0.2) is 31.2 Å². The van der Waals surface area contributed by atoms with E-state index in [1.165, 1.54) is 32.1 Å². The Hall–Kier alpha value is -0.670. The molecule has 0 aliphatic heterocycles. The van der Waals surface area contributed by atoms with E-state index in [0.717, 1.165) is 24.7 Å². The third-order valence-corrected chi connectivity index (χ3v) is 8.93. The molecule has 1 N–H and O–H groups in total. The number of Topliss-reactive ketones (excluding diaryl/α,β-unsaturated/α-hetero) is 1. The highest BCUT2D eigenvalue weighted by molar-refractivity contribution is 5.93. The molecule has 0 unspecified atom stereocenters. The van der Waals surface area contributed by atoms with E-state index in [1.54, 1.807) is 7.11 Å². The van der Waals surface area contributed by atoms with Crippen LogP contribution in [0, 0.1) is 39.9 Å². The van der Waals surface area contributed by atoms with Gasteiger partial charge in [0.25, 0.3) is 0 Å². The average Bonchev–Trinajstić information content (AvgIpc) is 2.84. The first-order chi connectivity index (χ1) is 11.9. The van der Waals surface area contributed by atoms with E-state index < -0.39 is 5.41 Å². The lowest BCUT2D eigenvalue weighted by Crippen LogP contribution is -2.52. The van der Waals surface area contributed by atoms with Crippen molar-refractivity contribution in [3.63, 3.8) is 0 Å². The summed E-state index contributed by atoms with van der Waals surface area (Å²) in [6, 6.07) is 0. The first-order valence-electron chi connectivity index (χ1n) is 10.2. The number of ketones is 1. The van der Waals surface area contributed by atoms with Crippen LogP contribution < -0.4 is 0 Å². The summed E-state index contributed by atoms with van der Waals surface area (Å²) in [5, 5.41) is 10.1. The Morgan fingerprint density at radius 1 is 1.20 bits per heavy atom. The zero-order chi connectivity index (χ0) is 17.9. The number of ether oxygens (including phenoxy) is 1. The molecule has 0 heterocycles. The zero-order valence-electron chi connectivity index (χ0n) is 16.1. The molecule has 0 spiro atoms. The highest BCUT2D eigenvalue weighted by atomic mass is 16.5. The van der Waals surface area contributed by atoms with Gasteiger partial charge >= 0.3 is 0 Å². The molecule has 3 fully saturated rings. The van der Waals surface area contributed by atoms with E-state index in [9.17, 15) is 9.90 Å². The van der Waals surface area contributed by atoms with Gasteiger partial charge in [-0.25, -0.2) is 0 Å². The molecule has 0 aromatic rings. The molecular weight excluding hydrogens is 312 g/mol. The Bertz CT molecular complexity index is 584. The number of carbonyl (C=O) groups is 1. The maximum absolute atomic E-state index is 13.4. The molecule has 0 amide bonds. The van der Waals surface area contributed by atoms with Gasteiger partial charge in [0.1, 0.15) is 5.78 Å². The van der Waals surface area contributed by atoms with Gasteiger partial charge in [-0.05, 0) is 74.0 Å². The van der Waals surface area contributed by atoms with E-state index in [0.29, 0.717) is 23.9 Å². The van der Waals surface area contributed by atoms with Gasteiger partial charge in [0.2, 0.25) is 0 Å². The fourth-order valence-electron chi connectivity index (χ4n) is 7.52. The minimum absolute atomic E-state index is 0.0637. The van der Waals surface area contributed by atoms with Crippen molar-refractivity contribution < 1.29 is 14.6 Å². The van der Waals surface area contributed by atoms with Gasteiger partial charge in [-0.3, -0.25) is 4.79 Å². The Labute approximate surface area is 152 Å². The largest absolute Gasteiger partial charge is 0.395 e. The van der Waals surface area contributed by atoms with E-state index in [2.05, 4.69) is 26.0 Å². The first kappa shape index (κ1) is 17.7. The molecule has 25 heavy (non-hydrogen) atoms. The maximum atomic E-state index is 13.4. The third kappa shape index (κ3) is 2.27. The van der Waals surface area contributed by atoms with E-state index in [4.69, 9.17) is 4.74 Å². The van der Waals surface area contributed by atoms with E-state index >= 15 is 0 Å². The fourth-order valence-corrected chi connectivity index (χ4v) is 7.52. The molecule has 3 saturated carbocycles. The predicted molar refractivity (Wildman–Crippen MR) is 98.0 cm³/mol. The number of carbonyl (C=O) groups excluding carboxylic acids is 1. The molecule has 7 atom stereocenters. The molecule has 0 saturated heterocycles. The smallest absolute Gasteiger partial charge is 0.149 e. The summed E-state index contributed by atoms with van der Waals surface area (Å²) in [5.41, 5.74) is -0.503. The van der Waals surface area contributed by atoms with Crippen LogP contribution in [0.1, 0.15) is 58.8 Å². The summed E-state index contributed by atoms with van der Waals surface area (Å²) in [7, 11) is 1.65. The minimum Gasteiger partial charge on any atom is -0.395 e. The van der Waals surface area contributed by atoms with Crippen LogP contribution >= 0.6 is 0 Å². The van der Waals surface area contributed by atoms with Gasteiger partial charge in [-0.15, -0.1) is 0 Å². The number of fused-ring (bicyclic) bond motifs is 5. The number of methoxy groups -OCH3 is 1. The Morgan fingerprint density at radius 3 is 2.72 bits per heavy atom. The lowest BCUT2D eigenvalue weighted by Gasteiger charge is -2.58. The van der Waals surface area contributed by atoms with Crippen molar-refractivity contribution in [3.8, 4) is 0 Å². The van der Waals surface area contributed by atoms with Crippen LogP contribution in [0.5, 0.6) is 0 Å². The summed E-state index contributed by atoms with van der Waals surface area (Å²) < 4.78 is 5.39. The van der Waals surface area contributed by atoms with E-state index in [-0.39, 0.29) is 17.8 Å². The summed E-state index contributed by atoms with van der Waals surface area (Å²) in [6.07, 6.45) is 12.8. The Balaban J connectivity index is 1.68. The van der Waals surface area contributed by atoms with Gasteiger partial charge in [0.05, 0.1) is 18.6 Å². The Kier molecular flexibility index (Phi) is 4.20. The van der Waals surface area contributed by atoms with Crippen LogP contribution in [0.2, 0.25) is 0 Å². The topological polar surface area (TPSA) is 46.5 Å². The van der Waals surface area contributed by atoms with Crippen molar-refractivity contribution in [1.82, 2.24) is 0 Å². The van der Waals surface area contributed by atoms with E-state index in [1.807, 2.05) is 0 Å². The van der Waals surface area contributed by atoms with Crippen LogP contribution in [0.4, 0.5) is 0 Å². The standard InChI is InChI=1S/C22H34O3/c1-20-10-5-4-6-15(20)7-8-16-17(20)9-11-21(2)18(16)12-22(13-23,14-25-3)19(21)24/h4-5,15-18,23H,6-14H2,1-3H3/t15-,16-,17+,18+,20+,21+,22+/m1/s1. The molecule has 4 rings (SSSR count). The van der Waals surface area contributed by atoms with Crippen molar-refractivity contribution >= 4 is 5.78 Å². The molecule has 0 aromatic carbocycles. The third-order valence-electron chi connectivity index (χ3n) is 8.93. The lowest BCUT2D eigenvalue weighted by atomic mass is 9.46. The zero-order valence-corrected chi connectivity index (χ0v) is 16.1. The van der Waals surface area contributed by atoms with Gasteiger partial charge in [0, 0.05) is 12.5 Å². The molecule has 140 valence electrons. The number of aliphatic hydroxyl groups excluding tert-OH is 1. The molecule has 0 bridgehead atoms. The van der Waals surface area contributed by atoms with Gasteiger partial charge in [-0.2, -0.15) is 0 Å². The van der Waals surface area contributed by atoms with Crippen molar-refractivity contribution in [1.29, 1.82) is 0 Å². The number of hydrogen-bond acceptors (Lipinski definition) is 3. The van der Waals surface area contributed by atoms with Crippen molar-refractivity contribution in [3.05, 3.63) is 12.2 Å². The van der Waals surface area contributed by atoms with Crippen LogP contribution in [0.15, 0.2) is 12.2 Å². The summed E-state index contributed by atoms with van der Waals surface area (Å²) >= 11 is 0. The van der Waals surface area contributed by atoms with Crippen LogP contribution in [0.25, 0.3) is 0 Å². The SMILES string of the molecule is COC[C@@]1(CO)C[C@H]2[C@@H]3CC[C@H]4CC=CC[C@]4(C)[C@H]3CC[C@]2(C)C1=O. The molecule has 3 heteroatoms. The molecule has 0 radical (unpaired) electrons.